The lowest BCUT2D eigenvalue weighted by atomic mass is 10.1. The Balaban J connectivity index is 2.10. The van der Waals surface area contributed by atoms with Gasteiger partial charge in [0.1, 0.15) is 23.8 Å². The van der Waals surface area contributed by atoms with Crippen molar-refractivity contribution in [3.05, 3.63) is 42.2 Å². The van der Waals surface area contributed by atoms with E-state index in [-0.39, 0.29) is 17.5 Å². The topological polar surface area (TPSA) is 109 Å². The van der Waals surface area contributed by atoms with Gasteiger partial charge >= 0.3 is 5.92 Å². The first kappa shape index (κ1) is 21.9. The summed E-state index contributed by atoms with van der Waals surface area (Å²) in [5, 5.41) is 5.64. The molecule has 162 valence electrons. The second-order valence-corrected chi connectivity index (χ2v) is 7.18. The number of carbonyl (C=O) groups is 1. The standard InChI is InChI=1S/C20H22F2N8O/c1-11-6-17(29-19(26-11)20(3,21)22)28-15-7-16(27-12(2)31)23-9-13(15)14-8-18(30(4)5)25-10-24-14/h6-10H,1-5H3,(H2,23,26,27,28,29,31). The molecule has 1 amide bonds. The van der Waals surface area contributed by atoms with Crippen molar-refractivity contribution in [3.8, 4) is 11.3 Å². The third-order valence-corrected chi connectivity index (χ3v) is 4.10. The summed E-state index contributed by atoms with van der Waals surface area (Å²) in [5.74, 6) is -2.95. The molecule has 3 heterocycles. The Morgan fingerprint density at radius 3 is 2.45 bits per heavy atom. The lowest BCUT2D eigenvalue weighted by molar-refractivity contribution is -0.114. The van der Waals surface area contributed by atoms with Gasteiger partial charge < -0.3 is 15.5 Å². The zero-order valence-corrected chi connectivity index (χ0v) is 17.7. The molecule has 31 heavy (non-hydrogen) atoms. The lowest BCUT2D eigenvalue weighted by Gasteiger charge is -2.16. The molecule has 3 rings (SSSR count). The molecule has 3 aromatic heterocycles. The van der Waals surface area contributed by atoms with E-state index in [0.717, 1.165) is 6.92 Å². The first-order valence-corrected chi connectivity index (χ1v) is 9.31. The highest BCUT2D eigenvalue weighted by Gasteiger charge is 2.29. The maximum atomic E-state index is 13.8. The molecule has 11 heteroatoms. The molecule has 2 N–H and O–H groups in total. The zero-order valence-electron chi connectivity index (χ0n) is 17.7. The average Bonchev–Trinajstić information content (AvgIpc) is 2.66. The number of alkyl halides is 2. The Morgan fingerprint density at radius 2 is 1.81 bits per heavy atom. The molecule has 0 bridgehead atoms. The van der Waals surface area contributed by atoms with Gasteiger partial charge in [-0.15, -0.1) is 0 Å². The Morgan fingerprint density at radius 1 is 1.06 bits per heavy atom. The maximum Gasteiger partial charge on any atom is 0.303 e. The van der Waals surface area contributed by atoms with Crippen LogP contribution in [0.1, 0.15) is 25.4 Å². The molecule has 0 saturated heterocycles. The number of pyridine rings is 1. The van der Waals surface area contributed by atoms with E-state index in [9.17, 15) is 13.6 Å². The average molecular weight is 428 g/mol. The number of hydrogen-bond acceptors (Lipinski definition) is 8. The molecule has 0 spiro atoms. The van der Waals surface area contributed by atoms with Gasteiger partial charge in [-0.2, -0.15) is 8.78 Å². The Labute approximate surface area is 178 Å². The van der Waals surface area contributed by atoms with Crippen molar-refractivity contribution >= 4 is 29.0 Å². The van der Waals surface area contributed by atoms with Crippen LogP contribution in [0, 0.1) is 6.92 Å². The number of amides is 1. The van der Waals surface area contributed by atoms with Crippen LogP contribution >= 0.6 is 0 Å². The van der Waals surface area contributed by atoms with Crippen molar-refractivity contribution in [2.45, 2.75) is 26.7 Å². The number of rotatable bonds is 6. The smallest absolute Gasteiger partial charge is 0.303 e. The first-order chi connectivity index (χ1) is 14.5. The van der Waals surface area contributed by atoms with E-state index in [1.54, 1.807) is 25.1 Å². The van der Waals surface area contributed by atoms with E-state index in [1.807, 2.05) is 19.0 Å². The fourth-order valence-electron chi connectivity index (χ4n) is 2.72. The minimum absolute atomic E-state index is 0.173. The van der Waals surface area contributed by atoms with Crippen LogP contribution in [0.15, 0.2) is 30.7 Å². The van der Waals surface area contributed by atoms with Gasteiger partial charge in [0.15, 0.2) is 0 Å². The van der Waals surface area contributed by atoms with Crippen molar-refractivity contribution in [2.75, 3.05) is 29.6 Å². The van der Waals surface area contributed by atoms with Crippen molar-refractivity contribution in [1.29, 1.82) is 0 Å². The molecular formula is C20H22F2N8O. The Kier molecular flexibility index (Phi) is 6.04. The summed E-state index contributed by atoms with van der Waals surface area (Å²) in [4.78, 5) is 33.8. The fraction of sp³-hybridized carbons (Fsp3) is 0.300. The number of nitrogens with one attached hydrogen (secondary N) is 2. The molecule has 0 aliphatic heterocycles. The molecule has 0 atom stereocenters. The van der Waals surface area contributed by atoms with Crippen LogP contribution in [0.3, 0.4) is 0 Å². The number of aryl methyl sites for hydroxylation is 1. The van der Waals surface area contributed by atoms with Gasteiger partial charge in [0.25, 0.3) is 0 Å². The highest BCUT2D eigenvalue weighted by Crippen LogP contribution is 2.32. The predicted molar refractivity (Wildman–Crippen MR) is 114 cm³/mol. The summed E-state index contributed by atoms with van der Waals surface area (Å²) in [7, 11) is 3.69. The number of anilines is 4. The highest BCUT2D eigenvalue weighted by atomic mass is 19.3. The Hall–Kier alpha value is -3.76. The van der Waals surface area contributed by atoms with Crippen LogP contribution in [0.25, 0.3) is 11.3 Å². The van der Waals surface area contributed by atoms with Gasteiger partial charge in [-0.05, 0) is 6.92 Å². The number of carbonyl (C=O) groups excluding carboxylic acids is 1. The highest BCUT2D eigenvalue weighted by molar-refractivity contribution is 5.89. The fourth-order valence-corrected chi connectivity index (χ4v) is 2.72. The van der Waals surface area contributed by atoms with Gasteiger partial charge in [0.2, 0.25) is 11.7 Å². The number of hydrogen-bond donors (Lipinski definition) is 2. The summed E-state index contributed by atoms with van der Waals surface area (Å²) in [6.07, 6.45) is 2.94. The van der Waals surface area contributed by atoms with Crippen molar-refractivity contribution in [2.24, 2.45) is 0 Å². The van der Waals surface area contributed by atoms with Crippen LogP contribution < -0.4 is 15.5 Å². The van der Waals surface area contributed by atoms with E-state index in [0.29, 0.717) is 28.5 Å². The molecule has 0 aliphatic rings. The molecule has 0 aliphatic carbocycles. The molecule has 9 nitrogen and oxygen atoms in total. The molecule has 0 unspecified atom stereocenters. The first-order valence-electron chi connectivity index (χ1n) is 9.31. The summed E-state index contributed by atoms with van der Waals surface area (Å²) in [6, 6.07) is 4.88. The monoisotopic (exact) mass is 428 g/mol. The van der Waals surface area contributed by atoms with Gasteiger partial charge in [0.05, 0.1) is 11.4 Å². The molecule has 0 aromatic carbocycles. The summed E-state index contributed by atoms with van der Waals surface area (Å²) >= 11 is 0. The largest absolute Gasteiger partial charge is 0.363 e. The molecule has 0 fully saturated rings. The van der Waals surface area contributed by atoms with Gasteiger partial charge in [-0.25, -0.2) is 24.9 Å². The summed E-state index contributed by atoms with van der Waals surface area (Å²) in [6.45, 7) is 3.70. The molecular weight excluding hydrogens is 406 g/mol. The third-order valence-electron chi connectivity index (χ3n) is 4.10. The van der Waals surface area contributed by atoms with E-state index < -0.39 is 11.7 Å². The minimum Gasteiger partial charge on any atom is -0.363 e. The van der Waals surface area contributed by atoms with Crippen molar-refractivity contribution < 1.29 is 13.6 Å². The van der Waals surface area contributed by atoms with Crippen molar-refractivity contribution in [3.63, 3.8) is 0 Å². The maximum absolute atomic E-state index is 13.8. The van der Waals surface area contributed by atoms with E-state index in [1.165, 1.54) is 19.4 Å². The van der Waals surface area contributed by atoms with Crippen molar-refractivity contribution in [1.82, 2.24) is 24.9 Å². The zero-order chi connectivity index (χ0) is 22.8. The summed E-state index contributed by atoms with van der Waals surface area (Å²) < 4.78 is 27.6. The second kappa shape index (κ2) is 8.54. The third kappa shape index (κ3) is 5.44. The number of halogens is 2. The predicted octanol–water partition coefficient (Wildman–Crippen LogP) is 3.52. The normalized spacial score (nSPS) is 11.2. The van der Waals surface area contributed by atoms with Crippen LogP contribution in [-0.4, -0.2) is 44.9 Å². The lowest BCUT2D eigenvalue weighted by Crippen LogP contribution is -2.15. The van der Waals surface area contributed by atoms with Crippen LogP contribution in [0.4, 0.5) is 31.9 Å². The molecule has 0 saturated carbocycles. The Bertz CT molecular complexity index is 1110. The quantitative estimate of drug-likeness (QED) is 0.614. The van der Waals surface area contributed by atoms with Gasteiger partial charge in [0, 0.05) is 63.6 Å². The SMILES string of the molecule is CC(=O)Nc1cc(Nc2cc(C)nc(C(C)(F)F)n2)c(-c2cc(N(C)C)ncn2)cn1. The van der Waals surface area contributed by atoms with Crippen LogP contribution in [0.5, 0.6) is 0 Å². The van der Waals surface area contributed by atoms with E-state index in [2.05, 4.69) is 35.6 Å². The minimum atomic E-state index is -3.20. The molecule has 3 aromatic rings. The van der Waals surface area contributed by atoms with Gasteiger partial charge in [-0.1, -0.05) is 0 Å². The molecule has 0 radical (unpaired) electrons. The summed E-state index contributed by atoms with van der Waals surface area (Å²) in [5.41, 5.74) is 1.96. The second-order valence-electron chi connectivity index (χ2n) is 7.18. The van der Waals surface area contributed by atoms with E-state index >= 15 is 0 Å². The number of nitrogens with zero attached hydrogens (tertiary/aromatic N) is 6. The number of aromatic nitrogens is 5. The van der Waals surface area contributed by atoms with Gasteiger partial charge in [-0.3, -0.25) is 4.79 Å². The van der Waals surface area contributed by atoms with Crippen LogP contribution in [-0.2, 0) is 10.7 Å². The van der Waals surface area contributed by atoms with E-state index in [4.69, 9.17) is 0 Å². The van der Waals surface area contributed by atoms with Crippen LogP contribution in [0.2, 0.25) is 0 Å².